The van der Waals surface area contributed by atoms with Gasteiger partial charge in [-0.1, -0.05) is 30.4 Å². The summed E-state index contributed by atoms with van der Waals surface area (Å²) in [7, 11) is 0. The summed E-state index contributed by atoms with van der Waals surface area (Å²) in [5, 5.41) is 10.1. The lowest BCUT2D eigenvalue weighted by Gasteiger charge is -2.07. The van der Waals surface area contributed by atoms with Crippen LogP contribution in [0.5, 0.6) is 0 Å². The lowest BCUT2D eigenvalue weighted by molar-refractivity contribution is 0.206. The van der Waals surface area contributed by atoms with Crippen LogP contribution in [0.1, 0.15) is 6.42 Å². The van der Waals surface area contributed by atoms with E-state index in [0.29, 0.717) is 29.9 Å². The fraction of sp³-hybridized carbons (Fsp3) is 0.235. The largest absolute Gasteiger partial charge is 0.389 e. The first-order chi connectivity index (χ1) is 11.7. The van der Waals surface area contributed by atoms with Crippen LogP contribution in [-0.4, -0.2) is 36.5 Å². The Kier molecular flexibility index (Phi) is 5.45. The Morgan fingerprint density at radius 2 is 2.04 bits per heavy atom. The predicted octanol–water partition coefficient (Wildman–Crippen LogP) is 2.51. The Labute approximate surface area is 144 Å². The van der Waals surface area contributed by atoms with Crippen LogP contribution in [0.4, 0.5) is 5.82 Å². The highest BCUT2D eigenvalue weighted by atomic mass is 32.2. The van der Waals surface area contributed by atoms with Gasteiger partial charge in [0.25, 0.3) is 0 Å². The van der Waals surface area contributed by atoms with Crippen LogP contribution in [0.25, 0.3) is 11.2 Å². The zero-order valence-corrected chi connectivity index (χ0v) is 13.9. The number of aryl methyl sites for hydroxylation is 1. The van der Waals surface area contributed by atoms with Gasteiger partial charge in [-0.05, 0) is 18.6 Å². The van der Waals surface area contributed by atoms with Crippen molar-refractivity contribution in [2.24, 2.45) is 0 Å². The minimum absolute atomic E-state index is 0.372. The second-order valence-corrected chi connectivity index (χ2v) is 6.37. The minimum atomic E-state index is -0.502. The van der Waals surface area contributed by atoms with Gasteiger partial charge in [-0.2, -0.15) is 0 Å². The van der Waals surface area contributed by atoms with Crippen molar-refractivity contribution in [3.8, 4) is 0 Å². The second-order valence-electron chi connectivity index (χ2n) is 5.28. The number of nitrogen functional groups attached to an aromatic ring is 1. The molecule has 0 amide bonds. The summed E-state index contributed by atoms with van der Waals surface area (Å²) in [5.41, 5.74) is 7.06. The molecule has 124 valence electrons. The Bertz CT molecular complexity index is 818. The van der Waals surface area contributed by atoms with E-state index in [9.17, 15) is 5.11 Å². The fourth-order valence-corrected chi connectivity index (χ4v) is 3.05. The molecular weight excluding hydrogens is 322 g/mol. The average molecular weight is 341 g/mol. The van der Waals surface area contributed by atoms with Crippen LogP contribution in [0, 0.1) is 0 Å². The number of hydrogen-bond acceptors (Lipinski definition) is 6. The average Bonchev–Trinajstić information content (AvgIpc) is 3.02. The van der Waals surface area contributed by atoms with E-state index in [2.05, 4.69) is 27.1 Å². The number of anilines is 1. The first-order valence-corrected chi connectivity index (χ1v) is 8.66. The topological polar surface area (TPSA) is 89.9 Å². The Hall–Kier alpha value is -2.38. The van der Waals surface area contributed by atoms with Crippen molar-refractivity contribution in [1.82, 2.24) is 19.5 Å². The lowest BCUT2D eigenvalue weighted by Crippen LogP contribution is -2.08. The molecule has 0 aliphatic heterocycles. The number of nitrogens with zero attached hydrogens (tertiary/aromatic N) is 4. The molecule has 0 saturated carbocycles. The Morgan fingerprint density at radius 1 is 1.21 bits per heavy atom. The normalized spacial score (nSPS) is 12.9. The lowest BCUT2D eigenvalue weighted by atomic mass is 10.2. The van der Waals surface area contributed by atoms with E-state index in [-0.39, 0.29) is 0 Å². The number of rotatable bonds is 7. The van der Waals surface area contributed by atoms with E-state index in [0.717, 1.165) is 5.75 Å². The molecule has 1 unspecified atom stereocenters. The molecule has 0 radical (unpaired) electrons. The first-order valence-electron chi connectivity index (χ1n) is 7.68. The first kappa shape index (κ1) is 16.5. The van der Waals surface area contributed by atoms with Crippen LogP contribution in [0.2, 0.25) is 0 Å². The third kappa shape index (κ3) is 4.12. The number of hydrogen-bond donors (Lipinski definition) is 2. The van der Waals surface area contributed by atoms with Gasteiger partial charge in [0.2, 0.25) is 0 Å². The van der Waals surface area contributed by atoms with E-state index in [1.165, 1.54) is 11.2 Å². The van der Waals surface area contributed by atoms with Gasteiger partial charge in [0.1, 0.15) is 11.8 Å². The summed E-state index contributed by atoms with van der Waals surface area (Å²) < 4.78 is 1.88. The fourth-order valence-electron chi connectivity index (χ4n) is 2.30. The monoisotopic (exact) mass is 341 g/mol. The van der Waals surface area contributed by atoms with E-state index in [4.69, 9.17) is 5.73 Å². The van der Waals surface area contributed by atoms with Crippen LogP contribution in [0.15, 0.2) is 60.0 Å². The maximum Gasteiger partial charge on any atom is 0.165 e. The molecule has 0 aliphatic rings. The summed E-state index contributed by atoms with van der Waals surface area (Å²) in [6, 6.07) is 10.2. The highest BCUT2D eigenvalue weighted by Crippen LogP contribution is 2.17. The Morgan fingerprint density at radius 3 is 2.88 bits per heavy atom. The quantitative estimate of drug-likeness (QED) is 0.507. The van der Waals surface area contributed by atoms with E-state index in [1.54, 1.807) is 18.1 Å². The number of fused-ring (bicyclic) bond motifs is 1. The van der Waals surface area contributed by atoms with Gasteiger partial charge in [-0.25, -0.2) is 15.0 Å². The van der Waals surface area contributed by atoms with Gasteiger partial charge >= 0.3 is 0 Å². The molecule has 6 nitrogen and oxygen atoms in total. The summed E-state index contributed by atoms with van der Waals surface area (Å²) in [6.07, 6.45) is 7.01. The minimum Gasteiger partial charge on any atom is -0.389 e. The molecule has 1 atom stereocenters. The standard InChI is InChI=1S/C17H19N5OS/c18-16-15-17(20-11-19-16)22(12-21-15)9-8-13(23)5-4-10-24-14-6-2-1-3-7-14/h1-7,11-13,23H,8-10H2,(H2,18,19,20)/b5-4+. The van der Waals surface area contributed by atoms with Gasteiger partial charge < -0.3 is 15.4 Å². The number of benzene rings is 1. The Balaban J connectivity index is 1.49. The third-order valence-corrected chi connectivity index (χ3v) is 4.51. The van der Waals surface area contributed by atoms with Crippen molar-refractivity contribution in [3.63, 3.8) is 0 Å². The number of aromatic nitrogens is 4. The molecule has 3 rings (SSSR count). The van der Waals surface area contributed by atoms with Gasteiger partial charge in [0, 0.05) is 17.2 Å². The number of aliphatic hydroxyl groups excluding tert-OH is 1. The molecule has 0 aliphatic carbocycles. The van der Waals surface area contributed by atoms with Gasteiger partial charge in [0.15, 0.2) is 11.5 Å². The van der Waals surface area contributed by atoms with Crippen molar-refractivity contribution in [2.75, 3.05) is 11.5 Å². The summed E-state index contributed by atoms with van der Waals surface area (Å²) in [6.45, 7) is 0.615. The van der Waals surface area contributed by atoms with E-state index >= 15 is 0 Å². The van der Waals surface area contributed by atoms with Crippen LogP contribution in [-0.2, 0) is 6.54 Å². The molecule has 0 saturated heterocycles. The molecular formula is C17H19N5OS. The zero-order chi connectivity index (χ0) is 16.8. The number of imidazole rings is 1. The van der Waals surface area contributed by atoms with Crippen LogP contribution < -0.4 is 5.73 Å². The maximum atomic E-state index is 10.1. The molecule has 0 fully saturated rings. The van der Waals surface area contributed by atoms with E-state index in [1.807, 2.05) is 34.9 Å². The smallest absolute Gasteiger partial charge is 0.165 e. The van der Waals surface area contributed by atoms with Crippen LogP contribution in [0.3, 0.4) is 0 Å². The van der Waals surface area contributed by atoms with Crippen molar-refractivity contribution in [3.05, 3.63) is 55.1 Å². The molecule has 2 aromatic heterocycles. The van der Waals surface area contributed by atoms with E-state index < -0.39 is 6.10 Å². The number of thioether (sulfide) groups is 1. The molecule has 1 aromatic carbocycles. The highest BCUT2D eigenvalue weighted by Gasteiger charge is 2.08. The maximum absolute atomic E-state index is 10.1. The number of aliphatic hydroxyl groups is 1. The van der Waals surface area contributed by atoms with Gasteiger partial charge in [-0.3, -0.25) is 0 Å². The molecule has 2 heterocycles. The van der Waals surface area contributed by atoms with Gasteiger partial charge in [0.05, 0.1) is 12.4 Å². The molecule has 3 N–H and O–H groups in total. The molecule has 3 aromatic rings. The van der Waals surface area contributed by atoms with Gasteiger partial charge in [-0.15, -0.1) is 11.8 Å². The predicted molar refractivity (Wildman–Crippen MR) is 96.7 cm³/mol. The van der Waals surface area contributed by atoms with Crippen LogP contribution >= 0.6 is 11.8 Å². The second kappa shape index (κ2) is 7.94. The SMILES string of the molecule is Nc1ncnc2c1ncn2CCC(O)/C=C/CSc1ccccc1. The van der Waals surface area contributed by atoms with Crippen molar-refractivity contribution < 1.29 is 5.11 Å². The molecule has 7 heteroatoms. The summed E-state index contributed by atoms with van der Waals surface area (Å²) in [4.78, 5) is 13.6. The summed E-state index contributed by atoms with van der Waals surface area (Å²) in [5.74, 6) is 1.20. The van der Waals surface area contributed by atoms with Crippen molar-refractivity contribution in [1.29, 1.82) is 0 Å². The zero-order valence-electron chi connectivity index (χ0n) is 13.1. The molecule has 0 spiro atoms. The summed E-state index contributed by atoms with van der Waals surface area (Å²) >= 11 is 1.74. The third-order valence-electron chi connectivity index (χ3n) is 3.54. The highest BCUT2D eigenvalue weighted by molar-refractivity contribution is 7.99. The molecule has 24 heavy (non-hydrogen) atoms. The number of nitrogens with two attached hydrogens (primary N) is 1. The van der Waals surface area contributed by atoms with Crippen molar-refractivity contribution in [2.45, 2.75) is 24.0 Å². The molecule has 0 bridgehead atoms. The van der Waals surface area contributed by atoms with Crippen molar-refractivity contribution >= 4 is 28.7 Å².